The van der Waals surface area contributed by atoms with Crippen molar-refractivity contribution in [1.82, 2.24) is 0 Å². The zero-order valence-corrected chi connectivity index (χ0v) is 9.26. The maximum absolute atomic E-state index is 11.8. The molecule has 0 heterocycles. The second kappa shape index (κ2) is 5.48. The van der Waals surface area contributed by atoms with Gasteiger partial charge in [0, 0.05) is 17.2 Å². The number of carbonyl (C=O) groups excluding carboxylic acids is 2. The van der Waals surface area contributed by atoms with Gasteiger partial charge < -0.3 is 4.52 Å². The van der Waals surface area contributed by atoms with Gasteiger partial charge in [-0.15, -0.1) is 0 Å². The minimum atomic E-state index is -4.85. The molecule has 1 aromatic rings. The molecule has 90 valence electrons. The fourth-order valence-corrected chi connectivity index (χ4v) is 1.88. The Balaban J connectivity index is 0.00000162. The number of fused-ring (bicyclic) bond motifs is 1. The molecule has 0 saturated heterocycles. The summed E-state index contributed by atoms with van der Waals surface area (Å²) in [4.78, 5) is 40.5. The zero-order chi connectivity index (χ0) is 12.6. The van der Waals surface area contributed by atoms with E-state index in [0.29, 0.717) is 0 Å². The number of carbonyl (C=O) groups is 2. The van der Waals surface area contributed by atoms with Gasteiger partial charge in [-0.1, -0.05) is 24.3 Å². The van der Waals surface area contributed by atoms with E-state index in [4.69, 9.17) is 9.79 Å². The molecule has 0 bridgehead atoms. The second-order valence-electron chi connectivity index (χ2n) is 3.33. The van der Waals surface area contributed by atoms with E-state index in [2.05, 4.69) is 4.52 Å². The first-order valence-electron chi connectivity index (χ1n) is 4.53. The van der Waals surface area contributed by atoms with Crippen molar-refractivity contribution in [3.8, 4) is 0 Å². The molecular formula is C10H8NaO6P. The molecule has 0 radical (unpaired) electrons. The molecule has 2 rings (SSSR count). The van der Waals surface area contributed by atoms with Crippen LogP contribution in [0.5, 0.6) is 0 Å². The summed E-state index contributed by atoms with van der Waals surface area (Å²) in [6, 6.07) is 5.99. The van der Waals surface area contributed by atoms with Gasteiger partial charge in [0.2, 0.25) is 5.78 Å². The van der Waals surface area contributed by atoms with Crippen LogP contribution in [0.15, 0.2) is 36.1 Å². The summed E-state index contributed by atoms with van der Waals surface area (Å²) < 4.78 is 14.8. The fraction of sp³-hybridized carbons (Fsp3) is 0. The summed E-state index contributed by atoms with van der Waals surface area (Å²) >= 11 is 0. The first-order valence-corrected chi connectivity index (χ1v) is 6.06. The van der Waals surface area contributed by atoms with E-state index in [1.807, 2.05) is 0 Å². The van der Waals surface area contributed by atoms with E-state index >= 15 is 0 Å². The van der Waals surface area contributed by atoms with Gasteiger partial charge in [0.25, 0.3) is 0 Å². The van der Waals surface area contributed by atoms with E-state index in [9.17, 15) is 14.2 Å². The van der Waals surface area contributed by atoms with Crippen LogP contribution in [0.1, 0.15) is 20.7 Å². The van der Waals surface area contributed by atoms with Gasteiger partial charge in [-0.2, -0.15) is 0 Å². The molecule has 6 nitrogen and oxygen atoms in total. The van der Waals surface area contributed by atoms with Crippen LogP contribution in [0.4, 0.5) is 0 Å². The molecule has 18 heavy (non-hydrogen) atoms. The van der Waals surface area contributed by atoms with Gasteiger partial charge in [0.05, 0.1) is 0 Å². The number of phosphoric ester groups is 1. The first kappa shape index (κ1) is 15.3. The van der Waals surface area contributed by atoms with E-state index in [-0.39, 0.29) is 40.7 Å². The Morgan fingerprint density at radius 2 is 1.61 bits per heavy atom. The van der Waals surface area contributed by atoms with Gasteiger partial charge in [-0.05, 0) is 0 Å². The fourth-order valence-electron chi connectivity index (χ4n) is 1.49. The second-order valence-corrected chi connectivity index (χ2v) is 4.49. The number of rotatable bonds is 2. The Hall–Kier alpha value is -0.750. The predicted octanol–water partition coefficient (Wildman–Crippen LogP) is 0.410. The third-order valence-electron chi connectivity index (χ3n) is 2.14. The van der Waals surface area contributed by atoms with E-state index in [1.165, 1.54) is 12.1 Å². The number of hydrogen-bond donors (Lipinski definition) is 2. The number of benzene rings is 1. The zero-order valence-electron chi connectivity index (χ0n) is 8.36. The van der Waals surface area contributed by atoms with Crippen LogP contribution in [0, 0.1) is 0 Å². The van der Waals surface area contributed by atoms with Crippen molar-refractivity contribution in [2.75, 3.05) is 0 Å². The van der Waals surface area contributed by atoms with Gasteiger partial charge in [0.15, 0.2) is 11.5 Å². The molecule has 2 N–H and O–H groups in total. The van der Waals surface area contributed by atoms with Gasteiger partial charge in [-0.3, -0.25) is 19.4 Å². The van der Waals surface area contributed by atoms with Crippen LogP contribution in [-0.4, -0.2) is 50.9 Å². The predicted molar refractivity (Wildman–Crippen MR) is 63.5 cm³/mol. The van der Waals surface area contributed by atoms with Crippen LogP contribution in [0.2, 0.25) is 0 Å². The average molecular weight is 278 g/mol. The topological polar surface area (TPSA) is 101 Å². The van der Waals surface area contributed by atoms with Crippen molar-refractivity contribution in [3.63, 3.8) is 0 Å². The molecule has 1 aliphatic carbocycles. The molecule has 0 aliphatic heterocycles. The number of phosphoric acid groups is 1. The average Bonchev–Trinajstić information content (AvgIpc) is 2.24. The summed E-state index contributed by atoms with van der Waals surface area (Å²) in [6.07, 6.45) is 0.782. The number of hydrogen-bond acceptors (Lipinski definition) is 4. The van der Waals surface area contributed by atoms with Crippen LogP contribution >= 0.6 is 7.82 Å². The molecule has 0 spiro atoms. The standard InChI is InChI=1S/C10H7O6P.Na.H/c11-8-5-9(16-17(13,14)15)10(12)7-4-2-1-3-6(7)8;;/h1-5H,(H2,13,14,15);;. The minimum absolute atomic E-state index is 0. The number of Topliss-reactive ketones (excluding diaryl/α,β-unsaturated/α-hetero) is 1. The third kappa shape index (κ3) is 3.17. The Morgan fingerprint density at radius 3 is 2.17 bits per heavy atom. The SMILES string of the molecule is O=C1C=C(OP(=O)(O)O)C(=O)c2ccccc21.[NaH]. The first-order chi connectivity index (χ1) is 7.88. The van der Waals surface area contributed by atoms with Gasteiger partial charge in [-0.25, -0.2) is 4.57 Å². The van der Waals surface area contributed by atoms with E-state index in [1.54, 1.807) is 12.1 Å². The van der Waals surface area contributed by atoms with Crippen molar-refractivity contribution in [2.24, 2.45) is 0 Å². The summed E-state index contributed by atoms with van der Waals surface area (Å²) in [5.41, 5.74) is 0.263. The Morgan fingerprint density at radius 1 is 1.06 bits per heavy atom. The Kier molecular flexibility index (Phi) is 4.66. The molecule has 1 aliphatic rings. The summed E-state index contributed by atoms with van der Waals surface area (Å²) in [5.74, 6) is -1.88. The third-order valence-corrected chi connectivity index (χ3v) is 2.57. The maximum atomic E-state index is 11.8. The quantitative estimate of drug-likeness (QED) is 0.600. The molecule has 8 heteroatoms. The number of allylic oxidation sites excluding steroid dienone is 2. The Labute approximate surface area is 124 Å². The molecule has 0 amide bonds. The van der Waals surface area contributed by atoms with E-state index in [0.717, 1.165) is 6.08 Å². The van der Waals surface area contributed by atoms with Crippen molar-refractivity contribution in [3.05, 3.63) is 47.2 Å². The van der Waals surface area contributed by atoms with Crippen LogP contribution in [0.25, 0.3) is 0 Å². The van der Waals surface area contributed by atoms with Crippen molar-refractivity contribution < 1.29 is 28.5 Å². The monoisotopic (exact) mass is 278 g/mol. The number of ketones is 2. The van der Waals surface area contributed by atoms with Crippen molar-refractivity contribution in [2.45, 2.75) is 0 Å². The van der Waals surface area contributed by atoms with Gasteiger partial charge >= 0.3 is 37.4 Å². The summed E-state index contributed by atoms with van der Waals surface area (Å²) in [7, 11) is -4.85. The van der Waals surface area contributed by atoms with Crippen molar-refractivity contribution >= 4 is 48.9 Å². The van der Waals surface area contributed by atoms with Crippen molar-refractivity contribution in [1.29, 1.82) is 0 Å². The Bertz CT molecular complexity index is 588. The molecule has 0 unspecified atom stereocenters. The summed E-state index contributed by atoms with van der Waals surface area (Å²) in [6.45, 7) is 0. The van der Waals surface area contributed by atoms with Gasteiger partial charge in [0.1, 0.15) is 0 Å². The van der Waals surface area contributed by atoms with Crippen LogP contribution in [-0.2, 0) is 9.09 Å². The molecule has 0 atom stereocenters. The molecular weight excluding hydrogens is 270 g/mol. The van der Waals surface area contributed by atoms with E-state index < -0.39 is 25.1 Å². The molecule has 0 fully saturated rings. The van der Waals surface area contributed by atoms with Crippen LogP contribution < -0.4 is 0 Å². The summed E-state index contributed by atoms with van der Waals surface area (Å²) in [5, 5.41) is 0. The molecule has 0 saturated carbocycles. The molecule has 0 aromatic heterocycles. The molecule has 1 aromatic carbocycles. The van der Waals surface area contributed by atoms with Crippen LogP contribution in [0.3, 0.4) is 0 Å². The normalized spacial score (nSPS) is 14.4.